The van der Waals surface area contributed by atoms with Crippen molar-refractivity contribution in [2.24, 2.45) is 0 Å². The summed E-state index contributed by atoms with van der Waals surface area (Å²) in [6.07, 6.45) is 1.02. The lowest BCUT2D eigenvalue weighted by Gasteiger charge is -2.07. The first-order valence-electron chi connectivity index (χ1n) is 5.73. The molecule has 8 nitrogen and oxygen atoms in total. The summed E-state index contributed by atoms with van der Waals surface area (Å²) < 4.78 is 23.0. The number of H-pyrrole nitrogens is 1. The van der Waals surface area contributed by atoms with Crippen LogP contribution >= 0.6 is 0 Å². The van der Waals surface area contributed by atoms with Crippen molar-refractivity contribution in [1.82, 2.24) is 10.2 Å². The number of anilines is 2. The molecule has 110 valence electrons. The fraction of sp³-hybridized carbons (Fsp3) is 0.0833. The highest BCUT2D eigenvalue weighted by Crippen LogP contribution is 2.17. The Balaban J connectivity index is 2.33. The van der Waals surface area contributed by atoms with Crippen molar-refractivity contribution in [3.8, 4) is 0 Å². The van der Waals surface area contributed by atoms with Crippen LogP contribution in [0.15, 0.2) is 40.0 Å². The SMILES string of the molecule is CS(=O)(=O)c1cc(N)cc(C(=O)Nc2ccc(=O)[nH]n2)c1. The third kappa shape index (κ3) is 3.66. The average Bonchev–Trinajstić information content (AvgIpc) is 2.39. The number of sulfone groups is 1. The van der Waals surface area contributed by atoms with E-state index in [2.05, 4.69) is 15.5 Å². The first-order chi connectivity index (χ1) is 9.75. The second-order valence-electron chi connectivity index (χ2n) is 4.32. The van der Waals surface area contributed by atoms with Crippen LogP contribution in [0.4, 0.5) is 11.5 Å². The maximum Gasteiger partial charge on any atom is 0.264 e. The van der Waals surface area contributed by atoms with Gasteiger partial charge in [-0.3, -0.25) is 9.59 Å². The van der Waals surface area contributed by atoms with Crippen molar-refractivity contribution in [1.29, 1.82) is 0 Å². The van der Waals surface area contributed by atoms with E-state index in [0.29, 0.717) is 0 Å². The van der Waals surface area contributed by atoms with Gasteiger partial charge in [0.05, 0.1) is 4.90 Å². The first kappa shape index (κ1) is 14.7. The fourth-order valence-electron chi connectivity index (χ4n) is 1.57. The van der Waals surface area contributed by atoms with Crippen LogP contribution in [-0.2, 0) is 9.84 Å². The quantitative estimate of drug-likeness (QED) is 0.683. The fourth-order valence-corrected chi connectivity index (χ4v) is 2.26. The smallest absolute Gasteiger partial charge is 0.264 e. The van der Waals surface area contributed by atoms with Gasteiger partial charge >= 0.3 is 0 Å². The Kier molecular flexibility index (Phi) is 3.76. The largest absolute Gasteiger partial charge is 0.399 e. The Hall–Kier alpha value is -2.68. The Morgan fingerprint density at radius 1 is 1.29 bits per heavy atom. The van der Waals surface area contributed by atoms with Crippen LogP contribution in [0.5, 0.6) is 0 Å². The molecule has 0 aliphatic rings. The van der Waals surface area contributed by atoms with E-state index in [4.69, 9.17) is 5.73 Å². The van der Waals surface area contributed by atoms with E-state index in [1.54, 1.807) is 0 Å². The number of hydrogen-bond donors (Lipinski definition) is 3. The number of nitrogens with two attached hydrogens (primary N) is 1. The van der Waals surface area contributed by atoms with Crippen molar-refractivity contribution < 1.29 is 13.2 Å². The van der Waals surface area contributed by atoms with Gasteiger partial charge < -0.3 is 11.1 Å². The average molecular weight is 308 g/mol. The molecule has 0 saturated heterocycles. The summed E-state index contributed by atoms with van der Waals surface area (Å²) in [4.78, 5) is 22.8. The van der Waals surface area contributed by atoms with Gasteiger partial charge in [-0.25, -0.2) is 13.5 Å². The summed E-state index contributed by atoms with van der Waals surface area (Å²) >= 11 is 0. The van der Waals surface area contributed by atoms with Crippen LogP contribution in [0.3, 0.4) is 0 Å². The van der Waals surface area contributed by atoms with Gasteiger partial charge in [-0.2, -0.15) is 5.10 Å². The number of hydrogen-bond acceptors (Lipinski definition) is 6. The molecule has 0 radical (unpaired) electrons. The Labute approximate surface area is 119 Å². The number of benzene rings is 1. The summed E-state index contributed by atoms with van der Waals surface area (Å²) in [6, 6.07) is 6.34. The normalized spacial score (nSPS) is 11.1. The van der Waals surface area contributed by atoms with Crippen molar-refractivity contribution in [2.45, 2.75) is 4.90 Å². The van der Waals surface area contributed by atoms with Crippen LogP contribution in [0, 0.1) is 0 Å². The molecule has 9 heteroatoms. The summed E-state index contributed by atoms with van der Waals surface area (Å²) in [5, 5.41) is 8.20. The van der Waals surface area contributed by atoms with Crippen LogP contribution in [0.25, 0.3) is 0 Å². The molecule has 0 spiro atoms. The summed E-state index contributed by atoms with van der Waals surface area (Å²) in [7, 11) is -3.48. The van der Waals surface area contributed by atoms with Crippen molar-refractivity contribution in [2.75, 3.05) is 17.3 Å². The van der Waals surface area contributed by atoms with Gasteiger partial charge in [0.1, 0.15) is 0 Å². The highest BCUT2D eigenvalue weighted by Gasteiger charge is 2.14. The number of rotatable bonds is 3. The Morgan fingerprint density at radius 2 is 2.00 bits per heavy atom. The molecule has 2 aromatic rings. The zero-order valence-electron chi connectivity index (χ0n) is 11.0. The molecule has 0 fully saturated rings. The molecular weight excluding hydrogens is 296 g/mol. The molecular formula is C12H12N4O4S. The van der Waals surface area contributed by atoms with Gasteiger partial charge in [-0.15, -0.1) is 0 Å². The van der Waals surface area contributed by atoms with Crippen molar-refractivity contribution in [3.63, 3.8) is 0 Å². The lowest BCUT2D eigenvalue weighted by molar-refractivity contribution is 0.102. The van der Waals surface area contributed by atoms with Crippen LogP contribution in [0.2, 0.25) is 0 Å². The summed E-state index contributed by atoms with van der Waals surface area (Å²) in [5.41, 5.74) is 5.42. The maximum atomic E-state index is 12.0. The van der Waals surface area contributed by atoms with E-state index in [-0.39, 0.29) is 22.0 Å². The number of nitrogens with one attached hydrogen (secondary N) is 2. The number of aromatic amines is 1. The second kappa shape index (κ2) is 5.37. The highest BCUT2D eigenvalue weighted by atomic mass is 32.2. The molecule has 0 saturated carbocycles. The standard InChI is InChI=1S/C12H12N4O4S/c1-21(19,20)9-5-7(4-8(13)6-9)12(18)14-10-2-3-11(17)16-15-10/h2-6H,13H2,1H3,(H,16,17)(H,14,15,18). The number of carbonyl (C=O) groups excluding carboxylic acids is 1. The lowest BCUT2D eigenvalue weighted by atomic mass is 10.2. The Bertz CT molecular complexity index is 837. The van der Waals surface area contributed by atoms with Gasteiger partial charge in [-0.1, -0.05) is 0 Å². The second-order valence-corrected chi connectivity index (χ2v) is 6.34. The van der Waals surface area contributed by atoms with Crippen LogP contribution in [-0.4, -0.2) is 30.8 Å². The highest BCUT2D eigenvalue weighted by molar-refractivity contribution is 7.90. The maximum absolute atomic E-state index is 12.0. The Morgan fingerprint density at radius 3 is 2.57 bits per heavy atom. The molecule has 0 aliphatic carbocycles. The van der Waals surface area contributed by atoms with E-state index < -0.39 is 21.3 Å². The van der Waals surface area contributed by atoms with Gasteiger partial charge in [0, 0.05) is 23.6 Å². The zero-order chi connectivity index (χ0) is 15.6. The van der Waals surface area contributed by atoms with Gasteiger partial charge in [-0.05, 0) is 24.3 Å². The number of aromatic nitrogens is 2. The molecule has 0 atom stereocenters. The topological polar surface area (TPSA) is 135 Å². The van der Waals surface area contributed by atoms with E-state index in [9.17, 15) is 18.0 Å². The third-order valence-electron chi connectivity index (χ3n) is 2.54. The molecule has 1 aromatic heterocycles. The predicted octanol–water partition coefficient (Wildman–Crippen LogP) is 0.00790. The minimum Gasteiger partial charge on any atom is -0.399 e. The molecule has 0 unspecified atom stereocenters. The van der Waals surface area contributed by atoms with E-state index in [1.165, 1.54) is 30.3 Å². The zero-order valence-corrected chi connectivity index (χ0v) is 11.8. The molecule has 1 aromatic carbocycles. The molecule has 21 heavy (non-hydrogen) atoms. The van der Waals surface area contributed by atoms with E-state index in [1.807, 2.05) is 0 Å². The monoisotopic (exact) mass is 308 g/mol. The van der Waals surface area contributed by atoms with Gasteiger partial charge in [0.25, 0.3) is 11.5 Å². The number of nitrogens with zero attached hydrogens (tertiary/aromatic N) is 1. The van der Waals surface area contributed by atoms with E-state index >= 15 is 0 Å². The summed E-state index contributed by atoms with van der Waals surface area (Å²) in [6.45, 7) is 0. The number of amides is 1. The molecule has 1 heterocycles. The minimum absolute atomic E-state index is 0.0536. The molecule has 2 rings (SSSR count). The predicted molar refractivity (Wildman–Crippen MR) is 76.8 cm³/mol. The molecule has 0 aliphatic heterocycles. The van der Waals surface area contributed by atoms with Gasteiger partial charge in [0.2, 0.25) is 0 Å². The van der Waals surface area contributed by atoms with Gasteiger partial charge in [0.15, 0.2) is 15.7 Å². The van der Waals surface area contributed by atoms with Crippen molar-refractivity contribution in [3.05, 3.63) is 46.2 Å². The molecule has 0 bridgehead atoms. The number of nitrogen functional groups attached to an aromatic ring is 1. The number of carbonyl (C=O) groups is 1. The first-order valence-corrected chi connectivity index (χ1v) is 7.62. The van der Waals surface area contributed by atoms with Crippen molar-refractivity contribution >= 4 is 27.2 Å². The van der Waals surface area contributed by atoms with Crippen LogP contribution in [0.1, 0.15) is 10.4 Å². The lowest BCUT2D eigenvalue weighted by Crippen LogP contribution is -2.16. The third-order valence-corrected chi connectivity index (χ3v) is 3.63. The van der Waals surface area contributed by atoms with Crippen LogP contribution < -0.4 is 16.6 Å². The van der Waals surface area contributed by atoms with E-state index in [0.717, 1.165) is 6.26 Å². The molecule has 4 N–H and O–H groups in total. The molecule has 1 amide bonds. The summed E-state index contributed by atoms with van der Waals surface area (Å²) in [5.74, 6) is -0.463. The minimum atomic E-state index is -3.48.